The molecule has 0 atom stereocenters. The Kier molecular flexibility index (Phi) is 5.05. The van der Waals surface area contributed by atoms with Crippen LogP contribution in [0, 0.1) is 5.41 Å². The number of amides is 2. The number of amidine groups is 1. The van der Waals surface area contributed by atoms with Gasteiger partial charge in [0.25, 0.3) is 0 Å². The first-order valence-electron chi connectivity index (χ1n) is 8.86. The third-order valence-electron chi connectivity index (χ3n) is 4.80. The molecule has 0 aromatic heterocycles. The summed E-state index contributed by atoms with van der Waals surface area (Å²) in [5.41, 5.74) is 8.98. The molecule has 0 radical (unpaired) electrons. The van der Waals surface area contributed by atoms with E-state index in [1.807, 2.05) is 26.0 Å². The van der Waals surface area contributed by atoms with Gasteiger partial charge in [-0.25, -0.2) is 9.69 Å². The third kappa shape index (κ3) is 3.59. The Hall–Kier alpha value is -3.06. The van der Waals surface area contributed by atoms with Crippen LogP contribution in [0.1, 0.15) is 42.0 Å². The van der Waals surface area contributed by atoms with Crippen molar-refractivity contribution in [2.45, 2.75) is 32.7 Å². The van der Waals surface area contributed by atoms with Crippen molar-refractivity contribution in [3.8, 4) is 11.5 Å². The fourth-order valence-corrected chi connectivity index (χ4v) is 3.34. The number of primary amides is 1. The predicted molar refractivity (Wildman–Crippen MR) is 105 cm³/mol. The van der Waals surface area contributed by atoms with Gasteiger partial charge in [-0.05, 0) is 53.8 Å². The fraction of sp³-hybridized carbons (Fsp3) is 0.300. The Morgan fingerprint density at radius 3 is 2.59 bits per heavy atom. The Labute approximate surface area is 157 Å². The molecule has 0 saturated carbocycles. The topological polar surface area (TPSA) is 123 Å². The van der Waals surface area contributed by atoms with Crippen LogP contribution in [0.5, 0.6) is 11.5 Å². The highest BCUT2D eigenvalue weighted by molar-refractivity contribution is 6.22. The number of hydrogen-bond acceptors (Lipinski definition) is 5. The number of urea groups is 1. The summed E-state index contributed by atoms with van der Waals surface area (Å²) in [7, 11) is 0. The molecule has 2 aromatic carbocycles. The Morgan fingerprint density at radius 2 is 1.93 bits per heavy atom. The highest BCUT2D eigenvalue weighted by Crippen LogP contribution is 2.34. The first-order valence-corrected chi connectivity index (χ1v) is 8.86. The Balaban J connectivity index is 2.05. The van der Waals surface area contributed by atoms with E-state index in [0.29, 0.717) is 17.8 Å². The van der Waals surface area contributed by atoms with E-state index in [0.717, 1.165) is 23.4 Å². The van der Waals surface area contributed by atoms with E-state index in [1.54, 1.807) is 6.07 Å². The number of phenols is 2. The molecule has 1 heterocycles. The molecule has 0 spiro atoms. The SMILES string of the molecule is CC(C)c1cc(C(=N)N(C(N)=O)c2ccc3c(c2)CNCC3)c(O)cc1O. The number of hydrogen-bond donors (Lipinski definition) is 5. The predicted octanol–water partition coefficient (Wildman–Crippen LogP) is 2.78. The van der Waals surface area contributed by atoms with Crippen molar-refractivity contribution in [1.29, 1.82) is 5.41 Å². The number of nitrogens with zero attached hydrogens (tertiary/aromatic N) is 1. The van der Waals surface area contributed by atoms with Gasteiger partial charge in [0.1, 0.15) is 17.3 Å². The second-order valence-corrected chi connectivity index (χ2v) is 6.98. The molecule has 0 saturated heterocycles. The Bertz CT molecular complexity index is 908. The van der Waals surface area contributed by atoms with Crippen molar-refractivity contribution in [3.63, 3.8) is 0 Å². The molecule has 27 heavy (non-hydrogen) atoms. The van der Waals surface area contributed by atoms with Crippen LogP contribution in [0.15, 0.2) is 30.3 Å². The van der Waals surface area contributed by atoms with Crippen LogP contribution in [-0.4, -0.2) is 28.6 Å². The lowest BCUT2D eigenvalue weighted by molar-refractivity contribution is 0.256. The first-order chi connectivity index (χ1) is 12.8. The summed E-state index contributed by atoms with van der Waals surface area (Å²) >= 11 is 0. The van der Waals surface area contributed by atoms with Crippen LogP contribution in [0.25, 0.3) is 0 Å². The van der Waals surface area contributed by atoms with Crippen LogP contribution >= 0.6 is 0 Å². The van der Waals surface area contributed by atoms with Crippen LogP contribution < -0.4 is 16.0 Å². The summed E-state index contributed by atoms with van der Waals surface area (Å²) in [6, 6.07) is 7.42. The number of carbonyl (C=O) groups is 1. The summed E-state index contributed by atoms with van der Waals surface area (Å²) in [6.07, 6.45) is 0.903. The van der Waals surface area contributed by atoms with Gasteiger partial charge >= 0.3 is 6.03 Å². The van der Waals surface area contributed by atoms with E-state index in [9.17, 15) is 15.0 Å². The lowest BCUT2D eigenvalue weighted by Crippen LogP contribution is -2.41. The van der Waals surface area contributed by atoms with E-state index in [2.05, 4.69) is 5.32 Å². The first kappa shape index (κ1) is 18.7. The lowest BCUT2D eigenvalue weighted by atomic mass is 9.97. The number of benzene rings is 2. The quantitative estimate of drug-likeness (QED) is 0.422. The van der Waals surface area contributed by atoms with Gasteiger partial charge in [0, 0.05) is 12.6 Å². The maximum atomic E-state index is 12.1. The molecule has 3 rings (SSSR count). The van der Waals surface area contributed by atoms with Crippen molar-refractivity contribution in [2.75, 3.05) is 11.4 Å². The zero-order valence-electron chi connectivity index (χ0n) is 15.4. The van der Waals surface area contributed by atoms with Crippen molar-refractivity contribution < 1.29 is 15.0 Å². The second kappa shape index (κ2) is 7.28. The minimum Gasteiger partial charge on any atom is -0.508 e. The summed E-state index contributed by atoms with van der Waals surface area (Å²) < 4.78 is 0. The molecule has 1 aliphatic rings. The van der Waals surface area contributed by atoms with Gasteiger partial charge in [0.15, 0.2) is 0 Å². The number of anilines is 1. The largest absolute Gasteiger partial charge is 0.508 e. The maximum absolute atomic E-state index is 12.1. The van der Waals surface area contributed by atoms with Crippen molar-refractivity contribution >= 4 is 17.6 Å². The summed E-state index contributed by atoms with van der Waals surface area (Å²) in [5, 5.41) is 32.1. The standard InChI is InChI=1S/C20H24N4O3/c1-11(2)15-8-16(18(26)9-17(15)25)19(21)24(20(22)27)14-4-3-12-5-6-23-10-13(12)7-14/h3-4,7-9,11,21,23,25-26H,5-6,10H2,1-2H3,(H2,22,27). The zero-order valence-corrected chi connectivity index (χ0v) is 15.4. The molecule has 0 bridgehead atoms. The molecular formula is C20H24N4O3. The number of rotatable bonds is 3. The van der Waals surface area contributed by atoms with Crippen molar-refractivity contribution in [2.24, 2.45) is 5.73 Å². The van der Waals surface area contributed by atoms with Crippen LogP contribution in [0.3, 0.4) is 0 Å². The maximum Gasteiger partial charge on any atom is 0.325 e. The van der Waals surface area contributed by atoms with Crippen LogP contribution in [0.4, 0.5) is 10.5 Å². The highest BCUT2D eigenvalue weighted by atomic mass is 16.3. The number of carbonyl (C=O) groups excluding carboxylic acids is 1. The number of nitrogens with one attached hydrogen (secondary N) is 2. The molecule has 0 aliphatic carbocycles. The average molecular weight is 368 g/mol. The molecule has 7 nitrogen and oxygen atoms in total. The smallest absolute Gasteiger partial charge is 0.325 e. The van der Waals surface area contributed by atoms with Crippen molar-refractivity contribution in [1.82, 2.24) is 5.32 Å². The molecule has 142 valence electrons. The lowest BCUT2D eigenvalue weighted by Gasteiger charge is -2.25. The average Bonchev–Trinajstić information content (AvgIpc) is 2.61. The van der Waals surface area contributed by atoms with Gasteiger partial charge < -0.3 is 21.3 Å². The molecule has 2 amide bonds. The summed E-state index contributed by atoms with van der Waals surface area (Å²) in [4.78, 5) is 13.2. The van der Waals surface area contributed by atoms with E-state index in [4.69, 9.17) is 11.1 Å². The summed E-state index contributed by atoms with van der Waals surface area (Å²) in [6.45, 7) is 5.37. The number of aromatic hydroxyl groups is 2. The third-order valence-corrected chi connectivity index (χ3v) is 4.80. The monoisotopic (exact) mass is 368 g/mol. The van der Waals surface area contributed by atoms with Gasteiger partial charge in [0.05, 0.1) is 11.3 Å². The fourth-order valence-electron chi connectivity index (χ4n) is 3.34. The van der Waals surface area contributed by atoms with Gasteiger partial charge in [-0.1, -0.05) is 19.9 Å². The van der Waals surface area contributed by atoms with Gasteiger partial charge in [-0.2, -0.15) is 0 Å². The zero-order chi connectivity index (χ0) is 19.7. The number of phenolic OH excluding ortho intramolecular Hbond substituents is 2. The van der Waals surface area contributed by atoms with E-state index < -0.39 is 6.03 Å². The van der Waals surface area contributed by atoms with E-state index >= 15 is 0 Å². The van der Waals surface area contributed by atoms with Gasteiger partial charge in [-0.15, -0.1) is 0 Å². The van der Waals surface area contributed by atoms with Gasteiger partial charge in [0.2, 0.25) is 0 Å². The molecule has 6 N–H and O–H groups in total. The molecule has 7 heteroatoms. The molecule has 2 aromatic rings. The highest BCUT2D eigenvalue weighted by Gasteiger charge is 2.24. The molecular weight excluding hydrogens is 344 g/mol. The van der Waals surface area contributed by atoms with Crippen LogP contribution in [-0.2, 0) is 13.0 Å². The van der Waals surface area contributed by atoms with E-state index in [-0.39, 0.29) is 28.8 Å². The minimum atomic E-state index is -0.817. The Morgan fingerprint density at radius 1 is 1.19 bits per heavy atom. The second-order valence-electron chi connectivity index (χ2n) is 6.98. The summed E-state index contributed by atoms with van der Waals surface area (Å²) in [5.74, 6) is -0.600. The van der Waals surface area contributed by atoms with Gasteiger partial charge in [-0.3, -0.25) is 5.41 Å². The molecule has 0 fully saturated rings. The van der Waals surface area contributed by atoms with Crippen LogP contribution in [0.2, 0.25) is 0 Å². The van der Waals surface area contributed by atoms with Crippen molar-refractivity contribution in [3.05, 3.63) is 52.6 Å². The molecule has 0 unspecified atom stereocenters. The molecule has 1 aliphatic heterocycles. The number of fused-ring (bicyclic) bond motifs is 1. The van der Waals surface area contributed by atoms with E-state index in [1.165, 1.54) is 17.7 Å². The minimum absolute atomic E-state index is 0.0194. The number of nitrogens with two attached hydrogens (primary N) is 1. The normalized spacial score (nSPS) is 13.3.